The highest BCUT2D eigenvalue weighted by atomic mass is 32.1. The van der Waals surface area contributed by atoms with Crippen molar-refractivity contribution in [1.29, 1.82) is 0 Å². The lowest BCUT2D eigenvalue weighted by molar-refractivity contribution is 0.634. The molecule has 3 aliphatic rings. The maximum Gasteiger partial charge on any atom is 0.144 e. The molecule has 0 atom stereocenters. The van der Waals surface area contributed by atoms with Crippen LogP contribution in [0.15, 0.2) is 312 Å². The number of furan rings is 2. The number of fused-ring (bicyclic) bond motifs is 20. The van der Waals surface area contributed by atoms with Crippen molar-refractivity contribution in [3.8, 4) is 43.1 Å². The van der Waals surface area contributed by atoms with Crippen molar-refractivity contribution in [3.05, 3.63) is 346 Å². The SMILES string of the molecule is c1ccc(-c2cc(-c3cc4c(s3)C3(c5ccccc5N(c5ccccc5)c5ccccc53)c3cc(-c5cc(-c6ccccc6)cc6c5oc5ccccc56)sc3C43c4ccccc4N(c4ccccc4)c4ccccc43)c3oc4ccccc4c3c2)cc1. The minimum absolute atomic E-state index is 0.870. The Hall–Kier alpha value is -10.8. The molecule has 4 nitrogen and oxygen atoms in total. The Bertz CT molecular complexity index is 5000. The van der Waals surface area contributed by atoms with Crippen LogP contribution in [0.3, 0.4) is 0 Å². The molecule has 412 valence electrons. The average Bonchev–Trinajstić information content (AvgIpc) is 1.29. The second-order valence-corrected chi connectivity index (χ2v) is 25.5. The van der Waals surface area contributed by atoms with Gasteiger partial charge < -0.3 is 18.6 Å². The minimum Gasteiger partial charge on any atom is -0.455 e. The normalized spacial score (nSPS) is 14.0. The summed E-state index contributed by atoms with van der Waals surface area (Å²) in [6.45, 7) is 0. The Morgan fingerprint density at radius 1 is 0.261 bits per heavy atom. The van der Waals surface area contributed by atoms with E-state index < -0.39 is 10.8 Å². The van der Waals surface area contributed by atoms with Gasteiger partial charge in [-0.25, -0.2) is 0 Å². The molecule has 2 aliphatic heterocycles. The van der Waals surface area contributed by atoms with Gasteiger partial charge in [-0.05, 0) is 153 Å². The third-order valence-corrected chi connectivity index (χ3v) is 21.5. The van der Waals surface area contributed by atoms with Crippen LogP contribution in [0.25, 0.3) is 87.0 Å². The lowest BCUT2D eigenvalue weighted by atomic mass is 9.53. The molecule has 1 aliphatic carbocycles. The smallest absolute Gasteiger partial charge is 0.144 e. The summed E-state index contributed by atoms with van der Waals surface area (Å²) in [5, 5.41) is 4.39. The lowest BCUT2D eigenvalue weighted by Gasteiger charge is -2.53. The number of hydrogen-bond donors (Lipinski definition) is 0. The van der Waals surface area contributed by atoms with E-state index in [-0.39, 0.29) is 0 Å². The second-order valence-electron chi connectivity index (χ2n) is 23.3. The van der Waals surface area contributed by atoms with E-state index in [2.05, 4.69) is 313 Å². The molecule has 88 heavy (non-hydrogen) atoms. The highest BCUT2D eigenvalue weighted by molar-refractivity contribution is 7.17. The lowest BCUT2D eigenvalue weighted by Crippen LogP contribution is -2.47. The largest absolute Gasteiger partial charge is 0.455 e. The molecule has 0 saturated heterocycles. The van der Waals surface area contributed by atoms with Gasteiger partial charge in [0.1, 0.15) is 22.3 Å². The zero-order valence-electron chi connectivity index (χ0n) is 47.4. The van der Waals surface area contributed by atoms with Crippen LogP contribution in [0.2, 0.25) is 0 Å². The second kappa shape index (κ2) is 18.9. The summed E-state index contributed by atoms with van der Waals surface area (Å²) >= 11 is 3.86. The van der Waals surface area contributed by atoms with Crippen LogP contribution in [0.1, 0.15) is 43.1 Å². The van der Waals surface area contributed by atoms with Crippen LogP contribution in [0, 0.1) is 0 Å². The van der Waals surface area contributed by atoms with Crippen molar-refractivity contribution >= 4 is 101 Å². The van der Waals surface area contributed by atoms with Crippen LogP contribution in [-0.2, 0) is 10.8 Å². The molecule has 0 amide bonds. The number of benzene rings is 12. The number of nitrogens with zero attached hydrogens (tertiary/aromatic N) is 2. The van der Waals surface area contributed by atoms with Crippen LogP contribution in [0.4, 0.5) is 34.1 Å². The van der Waals surface area contributed by atoms with Crippen molar-refractivity contribution in [2.45, 2.75) is 10.8 Å². The highest BCUT2D eigenvalue weighted by Crippen LogP contribution is 2.72. The van der Waals surface area contributed by atoms with Crippen molar-refractivity contribution in [1.82, 2.24) is 0 Å². The van der Waals surface area contributed by atoms with E-state index in [0.29, 0.717) is 0 Å². The van der Waals surface area contributed by atoms with Gasteiger partial charge in [0, 0.05) is 63.6 Å². The monoisotopic (exact) mass is 1160 g/mol. The fourth-order valence-electron chi connectivity index (χ4n) is 15.3. The summed E-state index contributed by atoms with van der Waals surface area (Å²) in [4.78, 5) is 9.81. The fraction of sp³-hybridized carbons (Fsp3) is 0.0244. The van der Waals surface area contributed by atoms with Gasteiger partial charge in [0.2, 0.25) is 0 Å². The standard InChI is InChI=1S/C82H50N2O2S2/c1-5-25-51(26-6-1)53-45-59-57-33-13-23-43-73(57)85-77(59)61(47-53)75-49-67-79(87-75)82(65-37-17-21-41-71(65)84(56-31-11-4-12-32-56)72-42-22-18-38-66(72)82)68-50-76(62-48-54(52-27-7-2-8-28-52)46-60-58-34-14-24-44-74(58)86-78(60)62)88-80(68)81(67)63-35-15-19-39-69(63)83(55-29-9-3-10-30-55)70-40-20-16-36-64(70)81/h1-50H. The van der Waals surface area contributed by atoms with E-state index in [1.807, 2.05) is 22.7 Å². The summed E-state index contributed by atoms with van der Waals surface area (Å²) in [6, 6.07) is 112. The fourth-order valence-corrected chi connectivity index (χ4v) is 18.2. The first-order valence-electron chi connectivity index (χ1n) is 30.0. The van der Waals surface area contributed by atoms with Crippen molar-refractivity contribution < 1.29 is 8.83 Å². The molecule has 2 spiro atoms. The molecule has 4 aromatic heterocycles. The van der Waals surface area contributed by atoms with Crippen molar-refractivity contribution in [2.24, 2.45) is 0 Å². The van der Waals surface area contributed by atoms with E-state index in [4.69, 9.17) is 8.83 Å². The zero-order valence-corrected chi connectivity index (χ0v) is 49.0. The number of hydrogen-bond acceptors (Lipinski definition) is 6. The van der Waals surface area contributed by atoms with Gasteiger partial charge >= 0.3 is 0 Å². The van der Waals surface area contributed by atoms with Gasteiger partial charge in [-0.2, -0.15) is 0 Å². The predicted molar refractivity (Wildman–Crippen MR) is 365 cm³/mol. The first kappa shape index (κ1) is 49.5. The molecule has 0 unspecified atom stereocenters. The average molecular weight is 1160 g/mol. The van der Waals surface area contributed by atoms with Gasteiger partial charge in [-0.3, -0.25) is 0 Å². The van der Waals surface area contributed by atoms with E-state index in [0.717, 1.165) is 121 Å². The van der Waals surface area contributed by atoms with Crippen molar-refractivity contribution in [2.75, 3.05) is 9.80 Å². The molecule has 0 N–H and O–H groups in total. The molecule has 19 rings (SSSR count). The zero-order chi connectivity index (χ0) is 57.7. The maximum atomic E-state index is 7.18. The van der Waals surface area contributed by atoms with E-state index in [1.54, 1.807) is 0 Å². The molecule has 0 radical (unpaired) electrons. The highest BCUT2D eigenvalue weighted by Gasteiger charge is 2.61. The molecular weight excluding hydrogens is 1110 g/mol. The molecule has 6 heteroatoms. The third kappa shape index (κ3) is 6.78. The van der Waals surface area contributed by atoms with Crippen LogP contribution >= 0.6 is 22.7 Å². The first-order chi connectivity index (χ1) is 43.6. The Balaban J connectivity index is 1.01. The minimum atomic E-state index is -0.874. The van der Waals surface area contributed by atoms with Gasteiger partial charge in [0.15, 0.2) is 0 Å². The van der Waals surface area contributed by atoms with Crippen LogP contribution < -0.4 is 9.80 Å². The first-order valence-corrected chi connectivity index (χ1v) is 31.7. The summed E-state index contributed by atoms with van der Waals surface area (Å²) in [5.74, 6) is 0. The summed E-state index contributed by atoms with van der Waals surface area (Å²) in [5.41, 5.74) is 22.6. The number of anilines is 6. The van der Waals surface area contributed by atoms with Gasteiger partial charge in [0.25, 0.3) is 0 Å². The molecule has 0 bridgehead atoms. The summed E-state index contributed by atoms with van der Waals surface area (Å²) in [6.07, 6.45) is 0. The van der Waals surface area contributed by atoms with Crippen LogP contribution in [-0.4, -0.2) is 0 Å². The Kier molecular flexibility index (Phi) is 10.6. The van der Waals surface area contributed by atoms with Crippen LogP contribution in [0.5, 0.6) is 0 Å². The number of rotatable bonds is 6. The molecule has 16 aromatic rings. The van der Waals surface area contributed by atoms with E-state index >= 15 is 0 Å². The number of para-hydroxylation sites is 8. The van der Waals surface area contributed by atoms with Crippen molar-refractivity contribution in [3.63, 3.8) is 0 Å². The van der Waals surface area contributed by atoms with Gasteiger partial charge in [-0.15, -0.1) is 22.7 Å². The quantitative estimate of drug-likeness (QED) is 0.166. The summed E-state index contributed by atoms with van der Waals surface area (Å²) in [7, 11) is 0. The van der Waals surface area contributed by atoms with Gasteiger partial charge in [-0.1, -0.05) is 206 Å². The molecule has 12 aromatic carbocycles. The molecule has 0 fully saturated rings. The molecular formula is C82H50N2O2S2. The topological polar surface area (TPSA) is 32.8 Å². The Morgan fingerprint density at radius 2 is 0.580 bits per heavy atom. The summed E-state index contributed by atoms with van der Waals surface area (Å²) < 4.78 is 14.4. The Labute approximate surface area is 516 Å². The maximum absolute atomic E-state index is 7.18. The molecule has 6 heterocycles. The van der Waals surface area contributed by atoms with Gasteiger partial charge in [0.05, 0.1) is 33.6 Å². The Morgan fingerprint density at radius 3 is 0.955 bits per heavy atom. The van der Waals surface area contributed by atoms with E-state index in [1.165, 1.54) is 43.1 Å². The molecule has 0 saturated carbocycles. The number of thiophene rings is 2. The predicted octanol–water partition coefficient (Wildman–Crippen LogP) is 22.9. The van der Waals surface area contributed by atoms with E-state index in [9.17, 15) is 0 Å². The third-order valence-electron chi connectivity index (χ3n) is 18.9.